The Morgan fingerprint density at radius 2 is 1.74 bits per heavy atom. The van der Waals surface area contributed by atoms with Crippen LogP contribution < -0.4 is 21.3 Å². The Balaban J connectivity index is 1.65. The molecule has 1 aromatic heterocycles. The molecule has 0 aliphatic carbocycles. The Morgan fingerprint density at radius 1 is 1.03 bits per heavy atom. The first-order valence-corrected chi connectivity index (χ1v) is 11.5. The van der Waals surface area contributed by atoms with Gasteiger partial charge < -0.3 is 15.8 Å². The van der Waals surface area contributed by atoms with Crippen LogP contribution in [0.25, 0.3) is 16.6 Å². The number of primary amides is 1. The van der Waals surface area contributed by atoms with Crippen molar-refractivity contribution in [3.63, 3.8) is 0 Å². The number of nitrogens with two attached hydrogens (primary N) is 1. The summed E-state index contributed by atoms with van der Waals surface area (Å²) in [6.45, 7) is 2.31. The average Bonchev–Trinajstić information content (AvgIpc) is 2.84. The lowest BCUT2D eigenvalue weighted by Gasteiger charge is -2.16. The van der Waals surface area contributed by atoms with E-state index in [-0.39, 0.29) is 17.2 Å². The number of para-hydroxylation sites is 3. The highest BCUT2D eigenvalue weighted by molar-refractivity contribution is 7.99. The summed E-state index contributed by atoms with van der Waals surface area (Å²) in [7, 11) is 0. The maximum atomic E-state index is 13.4. The summed E-state index contributed by atoms with van der Waals surface area (Å²) in [6, 6.07) is 20.6. The van der Waals surface area contributed by atoms with Gasteiger partial charge in [0.25, 0.3) is 5.56 Å². The summed E-state index contributed by atoms with van der Waals surface area (Å²) in [6.07, 6.45) is 0. The van der Waals surface area contributed by atoms with Crippen molar-refractivity contribution in [1.82, 2.24) is 9.55 Å². The Hall–Kier alpha value is -4.11. The molecule has 172 valence electrons. The fraction of sp³-hybridized carbons (Fsp3) is 0.120. The van der Waals surface area contributed by atoms with E-state index in [1.54, 1.807) is 42.5 Å². The largest absolute Gasteiger partial charge is 0.492 e. The summed E-state index contributed by atoms with van der Waals surface area (Å²) in [4.78, 5) is 41.9. The lowest BCUT2D eigenvalue weighted by molar-refractivity contribution is -0.113. The van der Waals surface area contributed by atoms with E-state index in [1.165, 1.54) is 16.7 Å². The van der Waals surface area contributed by atoms with Crippen molar-refractivity contribution in [2.45, 2.75) is 12.1 Å². The standard InChI is InChI=1S/C25H22N4O4S/c1-2-33-21-10-6-5-9-20(21)29-24(32)18-7-3-4-8-19(18)28-25(29)34-15-22(30)27-17-13-11-16(12-14-17)23(26)31/h3-14H,2,15H2,1H3,(H2,26,31)(H,27,30). The van der Waals surface area contributed by atoms with Crippen LogP contribution in [0.1, 0.15) is 17.3 Å². The third-order valence-corrected chi connectivity index (χ3v) is 5.88. The molecule has 0 aliphatic heterocycles. The zero-order valence-electron chi connectivity index (χ0n) is 18.4. The second kappa shape index (κ2) is 10.2. The molecule has 9 heteroatoms. The Labute approximate surface area is 199 Å². The van der Waals surface area contributed by atoms with Crippen LogP contribution in [0.4, 0.5) is 5.69 Å². The van der Waals surface area contributed by atoms with Crippen molar-refractivity contribution in [2.24, 2.45) is 5.73 Å². The fourth-order valence-corrected chi connectivity index (χ4v) is 4.19. The maximum absolute atomic E-state index is 13.4. The second-order valence-electron chi connectivity index (χ2n) is 7.23. The van der Waals surface area contributed by atoms with Crippen LogP contribution in [0.15, 0.2) is 82.7 Å². The highest BCUT2D eigenvalue weighted by atomic mass is 32.2. The lowest BCUT2D eigenvalue weighted by atomic mass is 10.2. The molecule has 8 nitrogen and oxygen atoms in total. The van der Waals surface area contributed by atoms with Crippen LogP contribution in [0.2, 0.25) is 0 Å². The number of fused-ring (bicyclic) bond motifs is 1. The molecule has 3 aromatic carbocycles. The van der Waals surface area contributed by atoms with E-state index in [0.717, 1.165) is 11.8 Å². The van der Waals surface area contributed by atoms with Gasteiger partial charge in [0.05, 0.1) is 29.0 Å². The van der Waals surface area contributed by atoms with Gasteiger partial charge >= 0.3 is 0 Å². The van der Waals surface area contributed by atoms with E-state index in [2.05, 4.69) is 10.3 Å². The van der Waals surface area contributed by atoms with Gasteiger partial charge in [0, 0.05) is 11.3 Å². The molecular formula is C25H22N4O4S. The summed E-state index contributed by atoms with van der Waals surface area (Å²) < 4.78 is 7.21. The second-order valence-corrected chi connectivity index (χ2v) is 8.17. The van der Waals surface area contributed by atoms with Gasteiger partial charge in [-0.2, -0.15) is 0 Å². The first kappa shape index (κ1) is 23.1. The number of nitrogens with one attached hydrogen (secondary N) is 1. The smallest absolute Gasteiger partial charge is 0.266 e. The minimum atomic E-state index is -0.541. The molecular weight excluding hydrogens is 452 g/mol. The summed E-state index contributed by atoms with van der Waals surface area (Å²) >= 11 is 1.14. The van der Waals surface area contributed by atoms with Crippen molar-refractivity contribution in [1.29, 1.82) is 0 Å². The van der Waals surface area contributed by atoms with Crippen LogP contribution in [0.5, 0.6) is 5.75 Å². The van der Waals surface area contributed by atoms with Crippen LogP contribution >= 0.6 is 11.8 Å². The first-order valence-electron chi connectivity index (χ1n) is 10.5. The first-order chi connectivity index (χ1) is 16.5. The van der Waals surface area contributed by atoms with Crippen molar-refractivity contribution in [3.8, 4) is 11.4 Å². The number of aromatic nitrogens is 2. The molecule has 4 aromatic rings. The number of hydrogen-bond acceptors (Lipinski definition) is 6. The molecule has 0 aliphatic rings. The molecule has 0 unspecified atom stereocenters. The van der Waals surface area contributed by atoms with Gasteiger partial charge in [0.15, 0.2) is 5.16 Å². The molecule has 1 heterocycles. The molecule has 34 heavy (non-hydrogen) atoms. The predicted molar refractivity (Wildman–Crippen MR) is 133 cm³/mol. The SMILES string of the molecule is CCOc1ccccc1-n1c(SCC(=O)Nc2ccc(C(N)=O)cc2)nc2ccccc2c1=O. The molecule has 0 bridgehead atoms. The number of nitrogens with zero attached hydrogens (tertiary/aromatic N) is 2. The van der Waals surface area contributed by atoms with Gasteiger partial charge in [-0.1, -0.05) is 36.0 Å². The molecule has 0 saturated heterocycles. The van der Waals surface area contributed by atoms with Gasteiger partial charge in [-0.25, -0.2) is 4.98 Å². The zero-order valence-corrected chi connectivity index (χ0v) is 19.2. The van der Waals surface area contributed by atoms with Crippen molar-refractivity contribution < 1.29 is 14.3 Å². The minimum absolute atomic E-state index is 0.0130. The highest BCUT2D eigenvalue weighted by Gasteiger charge is 2.17. The summed E-state index contributed by atoms with van der Waals surface area (Å²) in [5.41, 5.74) is 6.98. The topological polar surface area (TPSA) is 116 Å². The highest BCUT2D eigenvalue weighted by Crippen LogP contribution is 2.27. The maximum Gasteiger partial charge on any atom is 0.266 e. The number of carbonyl (C=O) groups excluding carboxylic acids is 2. The Morgan fingerprint density at radius 3 is 2.47 bits per heavy atom. The molecule has 0 spiro atoms. The Kier molecular flexibility index (Phi) is 6.93. The third kappa shape index (κ3) is 4.94. The van der Waals surface area contributed by atoms with Crippen molar-refractivity contribution >= 4 is 40.2 Å². The third-order valence-electron chi connectivity index (χ3n) is 4.94. The van der Waals surface area contributed by atoms with E-state index in [4.69, 9.17) is 10.5 Å². The van der Waals surface area contributed by atoms with Crippen LogP contribution in [0.3, 0.4) is 0 Å². The molecule has 0 radical (unpaired) electrons. The van der Waals surface area contributed by atoms with E-state index in [1.807, 2.05) is 25.1 Å². The van der Waals surface area contributed by atoms with Crippen LogP contribution in [0, 0.1) is 0 Å². The van der Waals surface area contributed by atoms with Gasteiger partial charge in [0.1, 0.15) is 5.75 Å². The quantitative estimate of drug-likeness (QED) is 0.298. The normalized spacial score (nSPS) is 10.7. The number of ether oxygens (including phenoxy) is 1. The number of thioether (sulfide) groups is 1. The Bertz CT molecular complexity index is 1420. The van der Waals surface area contributed by atoms with Crippen molar-refractivity contribution in [2.75, 3.05) is 17.7 Å². The number of carbonyl (C=O) groups is 2. The predicted octanol–water partition coefficient (Wildman–Crippen LogP) is 3.61. The minimum Gasteiger partial charge on any atom is -0.492 e. The van der Waals surface area contributed by atoms with E-state index >= 15 is 0 Å². The monoisotopic (exact) mass is 474 g/mol. The zero-order chi connectivity index (χ0) is 24.1. The molecule has 2 amide bonds. The van der Waals surface area contributed by atoms with E-state index < -0.39 is 5.91 Å². The van der Waals surface area contributed by atoms with Gasteiger partial charge in [-0.15, -0.1) is 0 Å². The summed E-state index contributed by atoms with van der Waals surface area (Å²) in [5.74, 6) is -0.269. The molecule has 0 atom stereocenters. The van der Waals surface area contributed by atoms with Gasteiger partial charge in [0.2, 0.25) is 11.8 Å². The summed E-state index contributed by atoms with van der Waals surface area (Å²) in [5, 5.41) is 3.61. The number of amides is 2. The molecule has 4 rings (SSSR count). The van der Waals surface area contributed by atoms with Crippen LogP contribution in [-0.4, -0.2) is 33.7 Å². The molecule has 0 fully saturated rings. The fourth-order valence-electron chi connectivity index (χ4n) is 3.39. The number of rotatable bonds is 8. The van der Waals surface area contributed by atoms with E-state index in [0.29, 0.717) is 45.4 Å². The number of anilines is 1. The average molecular weight is 475 g/mol. The number of hydrogen-bond donors (Lipinski definition) is 2. The van der Waals surface area contributed by atoms with Gasteiger partial charge in [-0.05, 0) is 55.5 Å². The number of benzene rings is 3. The molecule has 0 saturated carbocycles. The van der Waals surface area contributed by atoms with E-state index in [9.17, 15) is 14.4 Å². The van der Waals surface area contributed by atoms with Gasteiger partial charge in [-0.3, -0.25) is 19.0 Å². The molecule has 3 N–H and O–H groups in total. The van der Waals surface area contributed by atoms with Crippen molar-refractivity contribution in [3.05, 3.63) is 88.7 Å². The van der Waals surface area contributed by atoms with Crippen LogP contribution in [-0.2, 0) is 4.79 Å². The lowest BCUT2D eigenvalue weighted by Crippen LogP contribution is -2.23.